The van der Waals surface area contributed by atoms with Gasteiger partial charge in [-0.05, 0) is 26.0 Å². The third-order valence-electron chi connectivity index (χ3n) is 3.79. The molecule has 2 aromatic rings. The van der Waals surface area contributed by atoms with Crippen molar-refractivity contribution < 1.29 is 18.7 Å². The minimum Gasteiger partial charge on any atom is -0.459 e. The first-order valence-electron chi connectivity index (χ1n) is 7.77. The molecule has 1 aliphatic rings. The summed E-state index contributed by atoms with van der Waals surface area (Å²) in [6.45, 7) is 4.91. The Hall–Kier alpha value is -2.61. The summed E-state index contributed by atoms with van der Waals surface area (Å²) in [6.07, 6.45) is 1.40. The Morgan fingerprint density at radius 2 is 2.00 bits per heavy atom. The minimum atomic E-state index is -0.393. The number of ether oxygens (including phenoxy) is 1. The van der Waals surface area contributed by atoms with Crippen LogP contribution in [0, 0.1) is 0 Å². The topological polar surface area (TPSA) is 89.6 Å². The number of carbonyl (C=O) groups excluding carboxylic acids is 2. The maximum absolute atomic E-state index is 12.6. The predicted octanol–water partition coefficient (Wildman–Crippen LogP) is 1.51. The highest BCUT2D eigenvalue weighted by Crippen LogP contribution is 2.17. The van der Waals surface area contributed by atoms with E-state index in [2.05, 4.69) is 10.4 Å². The number of anilines is 1. The van der Waals surface area contributed by atoms with Gasteiger partial charge < -0.3 is 19.4 Å². The quantitative estimate of drug-likeness (QED) is 0.920. The second-order valence-electron chi connectivity index (χ2n) is 5.94. The van der Waals surface area contributed by atoms with Crippen molar-refractivity contribution in [2.24, 2.45) is 7.05 Å². The van der Waals surface area contributed by atoms with Gasteiger partial charge in [0.1, 0.15) is 5.82 Å². The Morgan fingerprint density at radius 3 is 2.62 bits per heavy atom. The number of morpholine rings is 1. The molecule has 1 N–H and O–H groups in total. The van der Waals surface area contributed by atoms with Crippen LogP contribution in [-0.4, -0.2) is 51.8 Å². The van der Waals surface area contributed by atoms with E-state index in [0.29, 0.717) is 18.9 Å². The largest absolute Gasteiger partial charge is 0.459 e. The summed E-state index contributed by atoms with van der Waals surface area (Å²) in [7, 11) is 1.67. The fourth-order valence-corrected chi connectivity index (χ4v) is 2.78. The van der Waals surface area contributed by atoms with Gasteiger partial charge in [-0.2, -0.15) is 5.10 Å². The smallest absolute Gasteiger partial charge is 0.292 e. The summed E-state index contributed by atoms with van der Waals surface area (Å²) in [6, 6.07) is 4.76. The van der Waals surface area contributed by atoms with Crippen LogP contribution in [0.3, 0.4) is 0 Å². The highest BCUT2D eigenvalue weighted by atomic mass is 16.5. The SMILES string of the molecule is C[C@@H]1CN(C(=O)c2cc(NC(=O)c3ccco3)n(C)n2)C[C@H](C)O1. The molecule has 128 valence electrons. The van der Waals surface area contributed by atoms with Crippen LogP contribution in [0.4, 0.5) is 5.82 Å². The predicted molar refractivity (Wildman–Crippen MR) is 85.8 cm³/mol. The van der Waals surface area contributed by atoms with Crippen molar-refractivity contribution >= 4 is 17.6 Å². The van der Waals surface area contributed by atoms with Gasteiger partial charge in [0.25, 0.3) is 11.8 Å². The zero-order chi connectivity index (χ0) is 17.3. The van der Waals surface area contributed by atoms with E-state index in [1.807, 2.05) is 13.8 Å². The number of aromatic nitrogens is 2. The van der Waals surface area contributed by atoms with Crippen LogP contribution in [-0.2, 0) is 11.8 Å². The number of amides is 2. The maximum atomic E-state index is 12.6. The third-order valence-corrected chi connectivity index (χ3v) is 3.79. The van der Waals surface area contributed by atoms with E-state index in [4.69, 9.17) is 9.15 Å². The van der Waals surface area contributed by atoms with E-state index in [1.54, 1.807) is 30.1 Å². The summed E-state index contributed by atoms with van der Waals surface area (Å²) in [4.78, 5) is 26.4. The Kier molecular flexibility index (Phi) is 4.39. The average molecular weight is 332 g/mol. The van der Waals surface area contributed by atoms with Gasteiger partial charge in [0.2, 0.25) is 0 Å². The fourth-order valence-electron chi connectivity index (χ4n) is 2.78. The number of hydrogen-bond donors (Lipinski definition) is 1. The molecule has 2 aromatic heterocycles. The van der Waals surface area contributed by atoms with Crippen molar-refractivity contribution in [3.63, 3.8) is 0 Å². The van der Waals surface area contributed by atoms with E-state index in [9.17, 15) is 9.59 Å². The summed E-state index contributed by atoms with van der Waals surface area (Å²) < 4.78 is 12.1. The number of carbonyl (C=O) groups is 2. The summed E-state index contributed by atoms with van der Waals surface area (Å²) >= 11 is 0. The van der Waals surface area contributed by atoms with E-state index >= 15 is 0 Å². The molecule has 0 saturated carbocycles. The highest BCUT2D eigenvalue weighted by Gasteiger charge is 2.28. The number of nitrogens with zero attached hydrogens (tertiary/aromatic N) is 3. The molecule has 24 heavy (non-hydrogen) atoms. The van der Waals surface area contributed by atoms with Crippen molar-refractivity contribution in [3.05, 3.63) is 35.9 Å². The lowest BCUT2D eigenvalue weighted by Gasteiger charge is -2.34. The van der Waals surface area contributed by atoms with E-state index < -0.39 is 5.91 Å². The van der Waals surface area contributed by atoms with Crippen molar-refractivity contribution in [3.8, 4) is 0 Å². The molecule has 0 aromatic carbocycles. The Labute approximate surface area is 139 Å². The standard InChI is InChI=1S/C16H20N4O4/c1-10-8-20(9-11(2)24-10)16(22)12-7-14(19(3)18-12)17-15(21)13-5-4-6-23-13/h4-7,10-11H,8-9H2,1-3H3,(H,17,21)/t10-,11+. The Morgan fingerprint density at radius 1 is 1.29 bits per heavy atom. The molecule has 3 rings (SSSR count). The average Bonchev–Trinajstić information content (AvgIpc) is 3.16. The Balaban J connectivity index is 1.73. The molecule has 8 nitrogen and oxygen atoms in total. The number of aryl methyl sites for hydroxylation is 1. The molecule has 8 heteroatoms. The molecule has 1 saturated heterocycles. The van der Waals surface area contributed by atoms with Crippen LogP contribution in [0.2, 0.25) is 0 Å². The second-order valence-corrected chi connectivity index (χ2v) is 5.94. The van der Waals surface area contributed by atoms with Gasteiger partial charge >= 0.3 is 0 Å². The van der Waals surface area contributed by atoms with Crippen molar-refractivity contribution in [2.75, 3.05) is 18.4 Å². The molecular weight excluding hydrogens is 312 g/mol. The molecule has 2 atom stereocenters. The minimum absolute atomic E-state index is 0.0143. The lowest BCUT2D eigenvalue weighted by molar-refractivity contribution is -0.0587. The first-order chi connectivity index (χ1) is 11.4. The third kappa shape index (κ3) is 3.33. The molecule has 1 fully saturated rings. The second kappa shape index (κ2) is 6.48. The van der Waals surface area contributed by atoms with E-state index in [-0.39, 0.29) is 29.6 Å². The van der Waals surface area contributed by atoms with Crippen LogP contribution in [0.5, 0.6) is 0 Å². The van der Waals surface area contributed by atoms with Crippen LogP contribution in [0.1, 0.15) is 34.9 Å². The number of nitrogens with one attached hydrogen (secondary N) is 1. The molecule has 0 aliphatic carbocycles. The van der Waals surface area contributed by atoms with Gasteiger partial charge in [0, 0.05) is 26.2 Å². The van der Waals surface area contributed by atoms with E-state index in [0.717, 1.165) is 0 Å². The molecule has 1 aliphatic heterocycles. The van der Waals surface area contributed by atoms with Gasteiger partial charge in [-0.25, -0.2) is 0 Å². The summed E-state index contributed by atoms with van der Waals surface area (Å²) in [5, 5.41) is 6.89. The monoisotopic (exact) mass is 332 g/mol. The lowest BCUT2D eigenvalue weighted by Crippen LogP contribution is -2.48. The van der Waals surface area contributed by atoms with Crippen LogP contribution < -0.4 is 5.32 Å². The fraction of sp³-hybridized carbons (Fsp3) is 0.438. The summed E-state index contributed by atoms with van der Waals surface area (Å²) in [5.41, 5.74) is 0.286. The Bertz CT molecular complexity index is 727. The lowest BCUT2D eigenvalue weighted by atomic mass is 10.2. The van der Waals surface area contributed by atoms with Crippen LogP contribution in [0.15, 0.2) is 28.9 Å². The van der Waals surface area contributed by atoms with Crippen molar-refractivity contribution in [1.82, 2.24) is 14.7 Å². The van der Waals surface area contributed by atoms with Crippen molar-refractivity contribution in [1.29, 1.82) is 0 Å². The molecule has 0 radical (unpaired) electrons. The zero-order valence-corrected chi connectivity index (χ0v) is 13.9. The number of furan rings is 1. The molecule has 0 spiro atoms. The van der Waals surface area contributed by atoms with Crippen LogP contribution in [0.25, 0.3) is 0 Å². The van der Waals surface area contributed by atoms with E-state index in [1.165, 1.54) is 10.9 Å². The number of rotatable bonds is 3. The first-order valence-corrected chi connectivity index (χ1v) is 7.77. The zero-order valence-electron chi connectivity index (χ0n) is 13.9. The molecule has 0 bridgehead atoms. The molecule has 2 amide bonds. The normalized spacial score (nSPS) is 20.9. The molecule has 3 heterocycles. The molecule has 0 unspecified atom stereocenters. The van der Waals surface area contributed by atoms with Gasteiger partial charge in [0.05, 0.1) is 18.5 Å². The molecular formula is C16H20N4O4. The maximum Gasteiger partial charge on any atom is 0.292 e. The number of hydrogen-bond acceptors (Lipinski definition) is 5. The van der Waals surface area contributed by atoms with Gasteiger partial charge in [-0.1, -0.05) is 0 Å². The first kappa shape index (κ1) is 16.3. The van der Waals surface area contributed by atoms with Crippen molar-refractivity contribution in [2.45, 2.75) is 26.1 Å². The summed E-state index contributed by atoms with van der Waals surface area (Å²) in [5.74, 6) is 0.0516. The van der Waals surface area contributed by atoms with Gasteiger partial charge in [0.15, 0.2) is 11.5 Å². The van der Waals surface area contributed by atoms with Gasteiger partial charge in [-0.15, -0.1) is 0 Å². The highest BCUT2D eigenvalue weighted by molar-refractivity contribution is 6.02. The van der Waals surface area contributed by atoms with Gasteiger partial charge in [-0.3, -0.25) is 14.3 Å². The van der Waals surface area contributed by atoms with Crippen LogP contribution >= 0.6 is 0 Å².